The fourth-order valence-electron chi connectivity index (χ4n) is 1.94. The molecule has 0 saturated heterocycles. The maximum absolute atomic E-state index is 10.6. The molecule has 148 valence electrons. The number of unbranched alkanes of at least 4 members (excludes halogenated alkanes) is 10. The minimum absolute atomic E-state index is 0. The number of carboxylic acid groups (broad SMARTS) is 2. The van der Waals surface area contributed by atoms with Crippen molar-refractivity contribution in [2.24, 2.45) is 0 Å². The summed E-state index contributed by atoms with van der Waals surface area (Å²) in [5.74, 6) is -3.41. The summed E-state index contributed by atoms with van der Waals surface area (Å²) in [6.45, 7) is 2.25. The van der Waals surface area contributed by atoms with Gasteiger partial charge >= 0.3 is 18.1 Å². The van der Waals surface area contributed by atoms with Gasteiger partial charge in [0.05, 0.1) is 0 Å². The molecule has 0 aromatic carbocycles. The fourth-order valence-corrected chi connectivity index (χ4v) is 1.94. The van der Waals surface area contributed by atoms with Crippen LogP contribution in [0.4, 0.5) is 13.2 Å². The zero-order chi connectivity index (χ0) is 18.1. The van der Waals surface area contributed by atoms with Crippen molar-refractivity contribution in [2.45, 2.75) is 90.1 Å². The van der Waals surface area contributed by atoms with Crippen molar-refractivity contribution in [3.8, 4) is 0 Å². The maximum atomic E-state index is 10.6. The van der Waals surface area contributed by atoms with E-state index in [1.54, 1.807) is 0 Å². The molecule has 2 N–H and O–H groups in total. The van der Waals surface area contributed by atoms with Gasteiger partial charge in [-0.3, -0.25) is 4.79 Å². The first-order valence-electron chi connectivity index (χ1n) is 8.23. The van der Waals surface area contributed by atoms with Crippen molar-refractivity contribution in [1.82, 2.24) is 0 Å². The second kappa shape index (κ2) is 18.6. The van der Waals surface area contributed by atoms with Crippen LogP contribution in [0.5, 0.6) is 0 Å². The second-order valence-electron chi connectivity index (χ2n) is 5.48. The standard InChI is InChI=1S/C14H28O2.C2HF3O2.Ni/c1-2-3-4-5-6-7-8-9-10-11-12-13-14(15)16;3-2(4,5)1(6)7;/h2-13H2,1H3,(H,15,16);(H,6,7);. The van der Waals surface area contributed by atoms with Crippen LogP contribution in [0.1, 0.15) is 84.0 Å². The number of hydrogen-bond acceptors (Lipinski definition) is 2. The van der Waals surface area contributed by atoms with Crippen LogP contribution in [0.15, 0.2) is 0 Å². The molecule has 0 radical (unpaired) electrons. The maximum Gasteiger partial charge on any atom is 0.490 e. The molecule has 0 spiro atoms. The van der Waals surface area contributed by atoms with Crippen LogP contribution < -0.4 is 0 Å². The molecule has 0 saturated carbocycles. The average molecular weight is 401 g/mol. The van der Waals surface area contributed by atoms with E-state index in [0.717, 1.165) is 12.8 Å². The second-order valence-corrected chi connectivity index (χ2v) is 5.48. The number of carboxylic acids is 2. The Morgan fingerprint density at radius 1 is 0.750 bits per heavy atom. The number of alkyl halides is 3. The summed E-state index contributed by atoms with van der Waals surface area (Å²) in [6.07, 6.45) is 9.28. The van der Waals surface area contributed by atoms with Crippen molar-refractivity contribution in [3.05, 3.63) is 0 Å². The van der Waals surface area contributed by atoms with E-state index >= 15 is 0 Å². The van der Waals surface area contributed by atoms with E-state index in [9.17, 15) is 18.0 Å². The zero-order valence-electron chi connectivity index (χ0n) is 14.1. The Bertz CT molecular complexity index is 310. The Kier molecular flexibility index (Phi) is 21.7. The Balaban J connectivity index is -0.000000468. The van der Waals surface area contributed by atoms with Crippen molar-refractivity contribution in [2.75, 3.05) is 0 Å². The summed E-state index contributed by atoms with van der Waals surface area (Å²) < 4.78 is 31.7. The summed E-state index contributed by atoms with van der Waals surface area (Å²) in [7, 11) is 0. The minimum Gasteiger partial charge on any atom is -0.481 e. The van der Waals surface area contributed by atoms with Crippen molar-refractivity contribution >= 4 is 11.9 Å². The van der Waals surface area contributed by atoms with Gasteiger partial charge in [-0.1, -0.05) is 71.1 Å². The number of rotatable bonds is 12. The van der Waals surface area contributed by atoms with Crippen LogP contribution in [0.2, 0.25) is 0 Å². The molecule has 0 fully saturated rings. The molecule has 0 heterocycles. The fraction of sp³-hybridized carbons (Fsp3) is 0.875. The van der Waals surface area contributed by atoms with E-state index < -0.39 is 18.1 Å². The first-order valence-corrected chi connectivity index (χ1v) is 8.23. The van der Waals surface area contributed by atoms with E-state index in [-0.39, 0.29) is 16.5 Å². The molecule has 0 aliphatic heterocycles. The molecule has 0 aliphatic carbocycles. The third-order valence-electron chi connectivity index (χ3n) is 3.24. The SMILES string of the molecule is CCCCCCCCCCCCCC(=O)O.O=C(O)C(F)(F)F.[Ni]. The van der Waals surface area contributed by atoms with Gasteiger partial charge in [0.2, 0.25) is 0 Å². The van der Waals surface area contributed by atoms with E-state index in [0.29, 0.717) is 6.42 Å². The van der Waals surface area contributed by atoms with Gasteiger partial charge in [0.1, 0.15) is 0 Å². The molecule has 0 rings (SSSR count). The first kappa shape index (κ1) is 28.0. The predicted octanol–water partition coefficient (Wildman–Crippen LogP) is 5.40. The summed E-state index contributed by atoms with van der Waals surface area (Å²) >= 11 is 0. The molecule has 24 heavy (non-hydrogen) atoms. The average Bonchev–Trinajstić information content (AvgIpc) is 2.44. The summed E-state index contributed by atoms with van der Waals surface area (Å²) in [6, 6.07) is 0. The van der Waals surface area contributed by atoms with E-state index in [2.05, 4.69) is 6.92 Å². The van der Waals surface area contributed by atoms with Gasteiger partial charge in [-0.15, -0.1) is 0 Å². The quantitative estimate of drug-likeness (QED) is 0.339. The van der Waals surface area contributed by atoms with Crippen LogP contribution in [0.25, 0.3) is 0 Å². The summed E-state index contributed by atoms with van der Waals surface area (Å²) in [4.78, 5) is 19.2. The normalized spacial score (nSPS) is 10.3. The number of aliphatic carboxylic acids is 2. The molecule has 0 aromatic heterocycles. The van der Waals surface area contributed by atoms with Crippen LogP contribution >= 0.6 is 0 Å². The van der Waals surface area contributed by atoms with Crippen molar-refractivity contribution < 1.29 is 49.5 Å². The van der Waals surface area contributed by atoms with Gasteiger partial charge < -0.3 is 10.2 Å². The van der Waals surface area contributed by atoms with Crippen LogP contribution in [0.3, 0.4) is 0 Å². The van der Waals surface area contributed by atoms with E-state index in [1.165, 1.54) is 57.8 Å². The van der Waals surface area contributed by atoms with Gasteiger partial charge in [0.15, 0.2) is 0 Å². The Labute approximate surface area is 152 Å². The molecule has 0 aromatic rings. The van der Waals surface area contributed by atoms with Gasteiger partial charge in [-0.25, -0.2) is 4.79 Å². The third-order valence-corrected chi connectivity index (χ3v) is 3.24. The third kappa shape index (κ3) is 26.1. The first-order chi connectivity index (χ1) is 10.7. The van der Waals surface area contributed by atoms with E-state index in [4.69, 9.17) is 15.0 Å². The smallest absolute Gasteiger partial charge is 0.481 e. The summed E-state index contributed by atoms with van der Waals surface area (Å²) in [5, 5.41) is 15.6. The number of carbonyl (C=O) groups is 2. The zero-order valence-corrected chi connectivity index (χ0v) is 15.1. The van der Waals surface area contributed by atoms with Crippen LogP contribution in [-0.2, 0) is 26.1 Å². The Morgan fingerprint density at radius 2 is 1.04 bits per heavy atom. The van der Waals surface area contributed by atoms with Gasteiger partial charge in [-0.05, 0) is 6.42 Å². The molecule has 0 aliphatic rings. The van der Waals surface area contributed by atoms with Gasteiger partial charge in [-0.2, -0.15) is 13.2 Å². The summed E-state index contributed by atoms with van der Waals surface area (Å²) in [5.41, 5.74) is 0. The monoisotopic (exact) mass is 400 g/mol. The van der Waals surface area contributed by atoms with Crippen molar-refractivity contribution in [1.29, 1.82) is 0 Å². The number of halogens is 3. The molecule has 8 heteroatoms. The molecule has 4 nitrogen and oxygen atoms in total. The molecular weight excluding hydrogens is 372 g/mol. The van der Waals surface area contributed by atoms with Crippen LogP contribution in [-0.4, -0.2) is 28.3 Å². The molecular formula is C16H29F3NiO4. The van der Waals surface area contributed by atoms with E-state index in [1.807, 2.05) is 0 Å². The Morgan fingerprint density at radius 3 is 1.29 bits per heavy atom. The molecule has 0 amide bonds. The molecule has 0 bridgehead atoms. The largest absolute Gasteiger partial charge is 0.490 e. The minimum atomic E-state index is -5.08. The van der Waals surface area contributed by atoms with Crippen LogP contribution in [0, 0.1) is 0 Å². The molecule has 0 atom stereocenters. The van der Waals surface area contributed by atoms with Gasteiger partial charge in [0, 0.05) is 22.9 Å². The predicted molar refractivity (Wildman–Crippen MR) is 82.4 cm³/mol. The molecule has 0 unspecified atom stereocenters. The topological polar surface area (TPSA) is 74.6 Å². The number of hydrogen-bond donors (Lipinski definition) is 2. The van der Waals surface area contributed by atoms with Gasteiger partial charge in [0.25, 0.3) is 0 Å². The van der Waals surface area contributed by atoms with Crippen molar-refractivity contribution in [3.63, 3.8) is 0 Å². The Hall–Kier alpha value is -0.776.